The lowest BCUT2D eigenvalue weighted by Crippen LogP contribution is -2.29. The predicted octanol–water partition coefficient (Wildman–Crippen LogP) is 5.33. The highest BCUT2D eigenvalue weighted by Crippen LogP contribution is 2.34. The van der Waals surface area contributed by atoms with E-state index in [1.54, 1.807) is 38.1 Å². The molecule has 0 amide bonds. The normalized spacial score (nSPS) is 11.9. The van der Waals surface area contributed by atoms with E-state index in [2.05, 4.69) is 21.0 Å². The molecular weight excluding hydrogens is 538 g/mol. The van der Waals surface area contributed by atoms with Gasteiger partial charge in [0.2, 0.25) is 0 Å². The second kappa shape index (κ2) is 10.8. The zero-order valence-electron chi connectivity index (χ0n) is 20.4. The molecule has 0 unspecified atom stereocenters. The molecule has 186 valence electrons. The Labute approximate surface area is 217 Å². The van der Waals surface area contributed by atoms with Gasteiger partial charge in [-0.3, -0.25) is 4.79 Å². The van der Waals surface area contributed by atoms with E-state index in [1.807, 2.05) is 26.8 Å². The van der Waals surface area contributed by atoms with Crippen molar-refractivity contribution in [2.75, 3.05) is 13.7 Å². The van der Waals surface area contributed by atoms with E-state index in [4.69, 9.17) is 30.8 Å². The smallest absolute Gasteiger partial charge is 0.344 e. The van der Waals surface area contributed by atoms with Crippen LogP contribution in [0.4, 0.5) is 0 Å². The molecule has 0 atom stereocenters. The van der Waals surface area contributed by atoms with Gasteiger partial charge in [0.05, 0.1) is 30.3 Å². The number of rotatable bonds is 7. The molecule has 1 aromatic heterocycles. The molecule has 3 rings (SSSR count). The Balaban J connectivity index is 2.13. The van der Waals surface area contributed by atoms with Crippen LogP contribution < -0.4 is 15.0 Å². The van der Waals surface area contributed by atoms with Gasteiger partial charge in [0, 0.05) is 26.5 Å². The zero-order chi connectivity index (χ0) is 25.9. The standard InChI is InChI=1S/C25H27BrClN3O5/c1-14(2)35-21(31)13-34-22-15(9-17(27)11-20(22)33-6)12-28-30-23(32)18-10-16(26)7-8-19(18)29-24(30)25(3,4)5/h7-12,14H,13H2,1-6H3. The predicted molar refractivity (Wildman–Crippen MR) is 140 cm³/mol. The number of carbonyl (C=O) groups excluding carboxylic acids is 1. The van der Waals surface area contributed by atoms with Crippen molar-refractivity contribution in [1.29, 1.82) is 0 Å². The van der Waals surface area contributed by atoms with Crippen molar-refractivity contribution in [2.24, 2.45) is 5.10 Å². The summed E-state index contributed by atoms with van der Waals surface area (Å²) in [5, 5.41) is 5.25. The first kappa shape index (κ1) is 26.7. The second-order valence-corrected chi connectivity index (χ2v) is 10.4. The monoisotopic (exact) mass is 563 g/mol. The molecule has 0 spiro atoms. The molecule has 8 nitrogen and oxygen atoms in total. The first-order chi connectivity index (χ1) is 16.4. The molecule has 3 aromatic rings. The molecular formula is C25H27BrClN3O5. The lowest BCUT2D eigenvalue weighted by molar-refractivity contribution is -0.149. The maximum atomic E-state index is 13.4. The average Bonchev–Trinajstić information content (AvgIpc) is 2.76. The molecule has 0 N–H and O–H groups in total. The van der Waals surface area contributed by atoms with Crippen LogP contribution in [-0.2, 0) is 14.9 Å². The van der Waals surface area contributed by atoms with Crippen molar-refractivity contribution in [3.8, 4) is 11.5 Å². The van der Waals surface area contributed by atoms with Crippen LogP contribution in [0.2, 0.25) is 5.02 Å². The molecule has 0 saturated heterocycles. The van der Waals surface area contributed by atoms with Crippen LogP contribution >= 0.6 is 27.5 Å². The summed E-state index contributed by atoms with van der Waals surface area (Å²) in [6, 6.07) is 8.49. The molecule has 0 radical (unpaired) electrons. The number of hydrogen-bond acceptors (Lipinski definition) is 7. The van der Waals surface area contributed by atoms with Crippen LogP contribution in [0.25, 0.3) is 10.9 Å². The van der Waals surface area contributed by atoms with Crippen LogP contribution in [0.3, 0.4) is 0 Å². The number of ether oxygens (including phenoxy) is 3. The molecule has 0 aliphatic rings. The summed E-state index contributed by atoms with van der Waals surface area (Å²) < 4.78 is 18.3. The molecule has 2 aromatic carbocycles. The van der Waals surface area contributed by atoms with E-state index in [1.165, 1.54) is 18.0 Å². The number of aromatic nitrogens is 2. The minimum atomic E-state index is -0.532. The summed E-state index contributed by atoms with van der Waals surface area (Å²) in [4.78, 5) is 30.1. The van der Waals surface area contributed by atoms with Crippen molar-refractivity contribution in [3.63, 3.8) is 0 Å². The largest absolute Gasteiger partial charge is 0.493 e. The van der Waals surface area contributed by atoms with Crippen LogP contribution in [0, 0.1) is 0 Å². The van der Waals surface area contributed by atoms with Gasteiger partial charge in [-0.05, 0) is 38.1 Å². The molecule has 1 heterocycles. The fourth-order valence-electron chi connectivity index (χ4n) is 3.28. The van der Waals surface area contributed by atoms with Crippen LogP contribution in [0.15, 0.2) is 44.7 Å². The third kappa shape index (κ3) is 6.41. The van der Waals surface area contributed by atoms with E-state index in [0.29, 0.717) is 33.1 Å². The van der Waals surface area contributed by atoms with Crippen molar-refractivity contribution in [1.82, 2.24) is 9.66 Å². The first-order valence-corrected chi connectivity index (χ1v) is 12.0. The van der Waals surface area contributed by atoms with E-state index in [-0.39, 0.29) is 24.0 Å². The highest BCUT2D eigenvalue weighted by molar-refractivity contribution is 9.10. The van der Waals surface area contributed by atoms with Gasteiger partial charge in [-0.25, -0.2) is 9.78 Å². The minimum absolute atomic E-state index is 0.239. The third-order valence-corrected chi connectivity index (χ3v) is 5.47. The van der Waals surface area contributed by atoms with E-state index >= 15 is 0 Å². The van der Waals surface area contributed by atoms with E-state index < -0.39 is 11.4 Å². The second-order valence-electron chi connectivity index (χ2n) is 9.06. The van der Waals surface area contributed by atoms with Crippen molar-refractivity contribution in [3.05, 3.63) is 61.6 Å². The SMILES string of the molecule is COc1cc(Cl)cc(C=Nn2c(C(C)(C)C)nc3ccc(Br)cc3c2=O)c1OCC(=O)OC(C)C. The highest BCUT2D eigenvalue weighted by Gasteiger charge is 2.23. The molecule has 0 bridgehead atoms. The molecule has 0 aliphatic carbocycles. The van der Waals surface area contributed by atoms with Crippen LogP contribution in [0.5, 0.6) is 11.5 Å². The van der Waals surface area contributed by atoms with Gasteiger partial charge in [-0.15, -0.1) is 0 Å². The Morgan fingerprint density at radius 3 is 2.60 bits per heavy atom. The number of carbonyl (C=O) groups is 1. The van der Waals surface area contributed by atoms with Crippen LogP contribution in [0.1, 0.15) is 46.0 Å². The lowest BCUT2D eigenvalue weighted by Gasteiger charge is -2.21. The van der Waals surface area contributed by atoms with Gasteiger partial charge in [-0.1, -0.05) is 48.3 Å². The Kier molecular flexibility index (Phi) is 8.22. The summed E-state index contributed by atoms with van der Waals surface area (Å²) in [7, 11) is 1.46. The molecule has 0 aliphatic heterocycles. The van der Waals surface area contributed by atoms with E-state index in [0.717, 1.165) is 4.47 Å². The zero-order valence-corrected chi connectivity index (χ0v) is 22.7. The van der Waals surface area contributed by atoms with Gasteiger partial charge in [-0.2, -0.15) is 9.78 Å². The van der Waals surface area contributed by atoms with Crippen molar-refractivity contribution >= 4 is 50.6 Å². The van der Waals surface area contributed by atoms with Crippen LogP contribution in [-0.4, -0.2) is 41.7 Å². The first-order valence-electron chi connectivity index (χ1n) is 10.9. The number of benzene rings is 2. The summed E-state index contributed by atoms with van der Waals surface area (Å²) in [6.45, 7) is 9.00. The molecule has 10 heteroatoms. The van der Waals surface area contributed by atoms with Gasteiger partial charge < -0.3 is 14.2 Å². The molecule has 0 fully saturated rings. The number of halogens is 2. The van der Waals surface area contributed by atoms with Gasteiger partial charge in [0.1, 0.15) is 5.82 Å². The topological polar surface area (TPSA) is 92.0 Å². The van der Waals surface area contributed by atoms with Crippen molar-refractivity contribution < 1.29 is 19.0 Å². The highest BCUT2D eigenvalue weighted by atomic mass is 79.9. The maximum Gasteiger partial charge on any atom is 0.344 e. The summed E-state index contributed by atoms with van der Waals surface area (Å²) >= 11 is 9.67. The number of hydrogen-bond donors (Lipinski definition) is 0. The maximum absolute atomic E-state index is 13.4. The minimum Gasteiger partial charge on any atom is -0.493 e. The van der Waals surface area contributed by atoms with Gasteiger partial charge >= 0.3 is 5.97 Å². The lowest BCUT2D eigenvalue weighted by atomic mass is 9.95. The van der Waals surface area contributed by atoms with Gasteiger partial charge in [0.15, 0.2) is 18.1 Å². The van der Waals surface area contributed by atoms with Crippen molar-refractivity contribution in [2.45, 2.75) is 46.1 Å². The number of nitrogens with zero attached hydrogens (tertiary/aromatic N) is 3. The number of esters is 1. The third-order valence-electron chi connectivity index (χ3n) is 4.76. The molecule has 35 heavy (non-hydrogen) atoms. The summed E-state index contributed by atoms with van der Waals surface area (Å²) in [5.41, 5.74) is 0.179. The quantitative estimate of drug-likeness (QED) is 0.284. The Morgan fingerprint density at radius 2 is 1.97 bits per heavy atom. The fourth-order valence-corrected chi connectivity index (χ4v) is 3.86. The fraction of sp³-hybridized carbons (Fsp3) is 0.360. The molecule has 0 saturated carbocycles. The average molecular weight is 565 g/mol. The Bertz CT molecular complexity index is 1350. The Hall–Kier alpha value is -2.91. The summed E-state index contributed by atoms with van der Waals surface area (Å²) in [5.74, 6) is 0.490. The summed E-state index contributed by atoms with van der Waals surface area (Å²) in [6.07, 6.45) is 1.15. The number of methoxy groups -OCH3 is 1. The number of fused-ring (bicyclic) bond motifs is 1. The Morgan fingerprint density at radius 1 is 1.26 bits per heavy atom. The van der Waals surface area contributed by atoms with E-state index in [9.17, 15) is 9.59 Å². The van der Waals surface area contributed by atoms with Gasteiger partial charge in [0.25, 0.3) is 5.56 Å².